The lowest BCUT2D eigenvalue weighted by Gasteiger charge is -2.35. The molecule has 20 heavy (non-hydrogen) atoms. The molecule has 1 aromatic rings. The van der Waals surface area contributed by atoms with Gasteiger partial charge in [-0.15, -0.1) is 0 Å². The molecule has 108 valence electrons. The predicted octanol–water partition coefficient (Wildman–Crippen LogP) is 1.63. The smallest absolute Gasteiger partial charge is 0.248 e. The van der Waals surface area contributed by atoms with Gasteiger partial charge in [-0.05, 0) is 37.0 Å². The largest absolute Gasteiger partial charge is 0.366 e. The van der Waals surface area contributed by atoms with Crippen LogP contribution in [-0.2, 0) is 4.79 Å². The van der Waals surface area contributed by atoms with Crippen LogP contribution < -0.4 is 16.8 Å². The van der Waals surface area contributed by atoms with Crippen LogP contribution in [-0.4, -0.2) is 17.4 Å². The average molecular weight is 275 g/mol. The Morgan fingerprint density at radius 1 is 1.40 bits per heavy atom. The molecule has 0 aliphatic heterocycles. The highest BCUT2D eigenvalue weighted by Crippen LogP contribution is 2.31. The molecule has 2 atom stereocenters. The molecule has 1 saturated carbocycles. The van der Waals surface area contributed by atoms with Gasteiger partial charge in [0.15, 0.2) is 0 Å². The number of anilines is 1. The molecule has 2 amide bonds. The maximum absolute atomic E-state index is 12.4. The summed E-state index contributed by atoms with van der Waals surface area (Å²) >= 11 is 0. The molecule has 5 nitrogen and oxygen atoms in total. The number of carbonyl (C=O) groups excluding carboxylic acids is 2. The van der Waals surface area contributed by atoms with Crippen LogP contribution in [0, 0.1) is 5.92 Å². The molecule has 1 aromatic carbocycles. The molecule has 1 fully saturated rings. The lowest BCUT2D eigenvalue weighted by Crippen LogP contribution is -2.53. The molecule has 1 aliphatic carbocycles. The Labute approximate surface area is 118 Å². The van der Waals surface area contributed by atoms with Crippen molar-refractivity contribution in [3.8, 4) is 0 Å². The Bertz CT molecular complexity index is 530. The number of benzene rings is 1. The summed E-state index contributed by atoms with van der Waals surface area (Å²) < 4.78 is 0. The summed E-state index contributed by atoms with van der Waals surface area (Å²) in [5, 5.41) is 2.80. The lowest BCUT2D eigenvalue weighted by molar-refractivity contribution is -0.122. The highest BCUT2D eigenvalue weighted by Gasteiger charge is 2.37. The number of nitrogens with two attached hydrogens (primary N) is 2. The van der Waals surface area contributed by atoms with Crippen molar-refractivity contribution in [2.45, 2.75) is 38.1 Å². The zero-order valence-electron chi connectivity index (χ0n) is 11.7. The number of hydrogen-bond donors (Lipinski definition) is 3. The van der Waals surface area contributed by atoms with Gasteiger partial charge in [0.2, 0.25) is 11.8 Å². The van der Waals surface area contributed by atoms with E-state index >= 15 is 0 Å². The maximum atomic E-state index is 12.4. The van der Waals surface area contributed by atoms with Crippen molar-refractivity contribution in [3.05, 3.63) is 29.8 Å². The van der Waals surface area contributed by atoms with E-state index in [1.807, 2.05) is 0 Å². The molecular weight excluding hydrogens is 254 g/mol. The second-order valence-electron chi connectivity index (χ2n) is 5.76. The number of nitrogens with one attached hydrogen (secondary N) is 1. The molecule has 2 rings (SSSR count). The van der Waals surface area contributed by atoms with Crippen molar-refractivity contribution in [2.75, 3.05) is 5.32 Å². The Kier molecular flexibility index (Phi) is 4.09. The third-order valence-electron chi connectivity index (χ3n) is 3.89. The predicted molar refractivity (Wildman–Crippen MR) is 78.1 cm³/mol. The standard InChI is InChI=1S/C15H21N3O2/c1-10-4-3-7-15(17,9-10)14(20)18-12-6-2-5-11(8-12)13(16)19/h2,5-6,8,10H,3-4,7,9,17H2,1H3,(H2,16,19)(H,18,20). The summed E-state index contributed by atoms with van der Waals surface area (Å²) in [5.41, 5.74) is 11.6. The highest BCUT2D eigenvalue weighted by molar-refractivity contribution is 5.99. The van der Waals surface area contributed by atoms with Crippen molar-refractivity contribution in [2.24, 2.45) is 17.4 Å². The first kappa shape index (κ1) is 14.5. The van der Waals surface area contributed by atoms with E-state index in [1.54, 1.807) is 24.3 Å². The third-order valence-corrected chi connectivity index (χ3v) is 3.89. The molecule has 0 radical (unpaired) electrons. The van der Waals surface area contributed by atoms with Crippen molar-refractivity contribution < 1.29 is 9.59 Å². The normalized spacial score (nSPS) is 26.0. The van der Waals surface area contributed by atoms with Gasteiger partial charge in [0.1, 0.15) is 0 Å². The first-order valence-electron chi connectivity index (χ1n) is 6.91. The topological polar surface area (TPSA) is 98.2 Å². The van der Waals surface area contributed by atoms with Gasteiger partial charge in [-0.2, -0.15) is 0 Å². The molecule has 2 unspecified atom stereocenters. The minimum Gasteiger partial charge on any atom is -0.366 e. The van der Waals surface area contributed by atoms with Gasteiger partial charge in [0, 0.05) is 11.3 Å². The lowest BCUT2D eigenvalue weighted by atomic mass is 9.76. The Hall–Kier alpha value is -1.88. The SMILES string of the molecule is CC1CCCC(N)(C(=O)Nc2cccc(C(N)=O)c2)C1. The van der Waals surface area contributed by atoms with Gasteiger partial charge < -0.3 is 16.8 Å². The van der Waals surface area contributed by atoms with E-state index in [2.05, 4.69) is 12.2 Å². The summed E-state index contributed by atoms with van der Waals surface area (Å²) in [5.74, 6) is -0.253. The van der Waals surface area contributed by atoms with Crippen LogP contribution in [0.15, 0.2) is 24.3 Å². The van der Waals surface area contributed by atoms with Crippen LogP contribution in [0.3, 0.4) is 0 Å². The average Bonchev–Trinajstić information content (AvgIpc) is 2.38. The van der Waals surface area contributed by atoms with E-state index in [-0.39, 0.29) is 5.91 Å². The second kappa shape index (κ2) is 5.63. The Balaban J connectivity index is 2.11. The van der Waals surface area contributed by atoms with Crippen LogP contribution in [0.2, 0.25) is 0 Å². The van der Waals surface area contributed by atoms with Crippen molar-refractivity contribution in [1.82, 2.24) is 0 Å². The van der Waals surface area contributed by atoms with Gasteiger partial charge in [-0.25, -0.2) is 0 Å². The summed E-state index contributed by atoms with van der Waals surface area (Å²) in [4.78, 5) is 23.5. The third kappa shape index (κ3) is 3.17. The number of amides is 2. The summed E-state index contributed by atoms with van der Waals surface area (Å²) in [7, 11) is 0. The zero-order valence-corrected chi connectivity index (χ0v) is 11.7. The van der Waals surface area contributed by atoms with Gasteiger partial charge in [-0.1, -0.05) is 25.8 Å². The summed E-state index contributed by atoms with van der Waals surface area (Å²) in [6.45, 7) is 2.11. The molecule has 0 heterocycles. The van der Waals surface area contributed by atoms with Crippen LogP contribution in [0.25, 0.3) is 0 Å². The van der Waals surface area contributed by atoms with Gasteiger partial charge in [0.25, 0.3) is 0 Å². The molecule has 0 aromatic heterocycles. The van der Waals surface area contributed by atoms with Gasteiger partial charge >= 0.3 is 0 Å². The van der Waals surface area contributed by atoms with Crippen LogP contribution in [0.1, 0.15) is 43.0 Å². The van der Waals surface area contributed by atoms with Crippen molar-refractivity contribution >= 4 is 17.5 Å². The van der Waals surface area contributed by atoms with E-state index in [1.165, 1.54) is 0 Å². The molecular formula is C15H21N3O2. The van der Waals surface area contributed by atoms with Crippen molar-refractivity contribution in [1.29, 1.82) is 0 Å². The minimum atomic E-state index is -0.819. The van der Waals surface area contributed by atoms with E-state index in [0.29, 0.717) is 30.0 Å². The van der Waals surface area contributed by atoms with Crippen molar-refractivity contribution in [3.63, 3.8) is 0 Å². The second-order valence-corrected chi connectivity index (χ2v) is 5.76. The minimum absolute atomic E-state index is 0.189. The monoisotopic (exact) mass is 275 g/mol. The fourth-order valence-electron chi connectivity index (χ4n) is 2.80. The van der Waals surface area contributed by atoms with E-state index in [0.717, 1.165) is 12.8 Å². The molecule has 5 N–H and O–H groups in total. The van der Waals surface area contributed by atoms with Crippen LogP contribution in [0.5, 0.6) is 0 Å². The fourth-order valence-corrected chi connectivity index (χ4v) is 2.80. The number of primary amides is 1. The molecule has 0 spiro atoms. The van der Waals surface area contributed by atoms with E-state index in [4.69, 9.17) is 11.5 Å². The molecule has 0 saturated heterocycles. The highest BCUT2D eigenvalue weighted by atomic mass is 16.2. The molecule has 1 aliphatic rings. The van der Waals surface area contributed by atoms with Gasteiger partial charge in [0.05, 0.1) is 5.54 Å². The first-order chi connectivity index (χ1) is 9.40. The number of carbonyl (C=O) groups is 2. The maximum Gasteiger partial charge on any atom is 0.248 e. The molecule has 5 heteroatoms. The quantitative estimate of drug-likeness (QED) is 0.782. The number of rotatable bonds is 3. The molecule has 0 bridgehead atoms. The first-order valence-corrected chi connectivity index (χ1v) is 6.91. The summed E-state index contributed by atoms with van der Waals surface area (Å²) in [6.07, 6.45) is 3.46. The Morgan fingerprint density at radius 2 is 2.15 bits per heavy atom. The van der Waals surface area contributed by atoms with Crippen LogP contribution >= 0.6 is 0 Å². The van der Waals surface area contributed by atoms with Crippen LogP contribution in [0.4, 0.5) is 5.69 Å². The summed E-state index contributed by atoms with van der Waals surface area (Å²) in [6, 6.07) is 6.58. The Morgan fingerprint density at radius 3 is 2.80 bits per heavy atom. The van der Waals surface area contributed by atoms with Gasteiger partial charge in [-0.3, -0.25) is 9.59 Å². The van der Waals surface area contributed by atoms with E-state index < -0.39 is 11.4 Å². The zero-order chi connectivity index (χ0) is 14.8. The number of hydrogen-bond acceptors (Lipinski definition) is 3. The van der Waals surface area contributed by atoms with E-state index in [9.17, 15) is 9.59 Å². The fraction of sp³-hybridized carbons (Fsp3) is 0.467.